The van der Waals surface area contributed by atoms with Crippen molar-refractivity contribution in [1.82, 2.24) is 0 Å². The molecule has 17 heavy (non-hydrogen) atoms. The second kappa shape index (κ2) is 6.24. The molecule has 0 aromatic carbocycles. The fourth-order valence-corrected chi connectivity index (χ4v) is 1.82. The number of hydrogen-bond acceptors (Lipinski definition) is 2. The highest BCUT2D eigenvalue weighted by Crippen LogP contribution is 2.18. The third kappa shape index (κ3) is 3.45. The van der Waals surface area contributed by atoms with Crippen LogP contribution in [-0.4, -0.2) is 0 Å². The van der Waals surface area contributed by atoms with Crippen molar-refractivity contribution in [2.45, 2.75) is 39.5 Å². The van der Waals surface area contributed by atoms with Gasteiger partial charge in [0, 0.05) is 6.42 Å². The first-order chi connectivity index (χ1) is 8.10. The number of aryl methyl sites for hydroxylation is 2. The monoisotopic (exact) mass is 232 g/mol. The third-order valence-corrected chi connectivity index (χ3v) is 2.81. The zero-order valence-electron chi connectivity index (χ0n) is 10.7. The average molecular weight is 232 g/mol. The standard InChI is InChI=1S/C15H20O2/c1-5-7-8-9-13-10-12(4)14(11(3)6-2)15(16)17-13/h5,10H,1,3,6-9H2,2,4H3. The van der Waals surface area contributed by atoms with E-state index in [1.807, 2.05) is 26.0 Å². The van der Waals surface area contributed by atoms with Crippen LogP contribution in [0.1, 0.15) is 43.1 Å². The van der Waals surface area contributed by atoms with E-state index in [-0.39, 0.29) is 5.63 Å². The lowest BCUT2D eigenvalue weighted by atomic mass is 10.0. The summed E-state index contributed by atoms with van der Waals surface area (Å²) in [6, 6.07) is 1.95. The van der Waals surface area contributed by atoms with Gasteiger partial charge in [-0.3, -0.25) is 0 Å². The molecule has 0 atom stereocenters. The molecule has 0 aliphatic heterocycles. The maximum atomic E-state index is 11.8. The van der Waals surface area contributed by atoms with Gasteiger partial charge in [0.25, 0.3) is 0 Å². The van der Waals surface area contributed by atoms with Crippen LogP contribution in [0, 0.1) is 6.92 Å². The van der Waals surface area contributed by atoms with E-state index >= 15 is 0 Å². The van der Waals surface area contributed by atoms with Crippen LogP contribution in [0.5, 0.6) is 0 Å². The Hall–Kier alpha value is -1.57. The molecule has 0 aliphatic rings. The summed E-state index contributed by atoms with van der Waals surface area (Å²) < 4.78 is 5.31. The van der Waals surface area contributed by atoms with Gasteiger partial charge < -0.3 is 4.42 Å². The molecule has 1 aromatic rings. The summed E-state index contributed by atoms with van der Waals surface area (Å²) in [5.41, 5.74) is 2.18. The molecule has 92 valence electrons. The minimum atomic E-state index is -0.259. The summed E-state index contributed by atoms with van der Waals surface area (Å²) in [5.74, 6) is 0.752. The van der Waals surface area contributed by atoms with Crippen molar-refractivity contribution in [3.63, 3.8) is 0 Å². The minimum absolute atomic E-state index is 0.259. The van der Waals surface area contributed by atoms with Crippen molar-refractivity contribution in [3.8, 4) is 0 Å². The molecule has 0 saturated heterocycles. The van der Waals surface area contributed by atoms with Gasteiger partial charge in [0.1, 0.15) is 5.76 Å². The average Bonchev–Trinajstić information content (AvgIpc) is 2.28. The predicted molar refractivity (Wildman–Crippen MR) is 72.2 cm³/mol. The highest BCUT2D eigenvalue weighted by molar-refractivity contribution is 5.64. The maximum absolute atomic E-state index is 11.8. The molecule has 1 heterocycles. The molecule has 0 saturated carbocycles. The summed E-state index contributed by atoms with van der Waals surface area (Å²) in [7, 11) is 0. The van der Waals surface area contributed by atoms with Gasteiger partial charge in [0.05, 0.1) is 5.56 Å². The fraction of sp³-hybridized carbons (Fsp3) is 0.400. The molecule has 2 heteroatoms. The van der Waals surface area contributed by atoms with Crippen molar-refractivity contribution in [3.05, 3.63) is 52.6 Å². The Morgan fingerprint density at radius 1 is 1.53 bits per heavy atom. The van der Waals surface area contributed by atoms with Gasteiger partial charge in [-0.1, -0.05) is 19.6 Å². The summed E-state index contributed by atoms with van der Waals surface area (Å²) in [4.78, 5) is 11.8. The van der Waals surface area contributed by atoms with Crippen LogP contribution in [0.2, 0.25) is 0 Å². The van der Waals surface area contributed by atoms with E-state index in [0.29, 0.717) is 5.56 Å². The van der Waals surface area contributed by atoms with E-state index in [9.17, 15) is 4.79 Å². The van der Waals surface area contributed by atoms with E-state index in [1.165, 1.54) is 0 Å². The van der Waals surface area contributed by atoms with E-state index in [2.05, 4.69) is 13.2 Å². The molecule has 0 bridgehead atoms. The highest BCUT2D eigenvalue weighted by atomic mass is 16.4. The molecule has 0 N–H and O–H groups in total. The summed E-state index contributed by atoms with van der Waals surface area (Å²) >= 11 is 0. The first kappa shape index (κ1) is 13.5. The van der Waals surface area contributed by atoms with Gasteiger partial charge in [-0.2, -0.15) is 0 Å². The lowest BCUT2D eigenvalue weighted by molar-refractivity contribution is 0.451. The Morgan fingerprint density at radius 3 is 2.76 bits per heavy atom. The Kier molecular flexibility index (Phi) is 4.95. The van der Waals surface area contributed by atoms with E-state index < -0.39 is 0 Å². The fourth-order valence-electron chi connectivity index (χ4n) is 1.82. The van der Waals surface area contributed by atoms with Gasteiger partial charge >= 0.3 is 5.63 Å². The minimum Gasteiger partial charge on any atom is -0.427 e. The number of hydrogen-bond donors (Lipinski definition) is 0. The molecule has 1 rings (SSSR count). The highest BCUT2D eigenvalue weighted by Gasteiger charge is 2.10. The molecule has 2 nitrogen and oxygen atoms in total. The van der Waals surface area contributed by atoms with Crippen LogP contribution >= 0.6 is 0 Å². The quantitative estimate of drug-likeness (QED) is 0.550. The molecule has 0 radical (unpaired) electrons. The third-order valence-electron chi connectivity index (χ3n) is 2.81. The van der Waals surface area contributed by atoms with Gasteiger partial charge in [-0.15, -0.1) is 6.58 Å². The zero-order chi connectivity index (χ0) is 12.8. The van der Waals surface area contributed by atoms with Crippen molar-refractivity contribution in [2.75, 3.05) is 0 Å². The zero-order valence-corrected chi connectivity index (χ0v) is 10.7. The van der Waals surface area contributed by atoms with Gasteiger partial charge in [0.2, 0.25) is 0 Å². The van der Waals surface area contributed by atoms with E-state index in [1.54, 1.807) is 0 Å². The summed E-state index contributed by atoms with van der Waals surface area (Å²) in [6.07, 6.45) is 5.31. The molecule has 0 amide bonds. The number of unbranched alkanes of at least 4 members (excludes halogenated alkanes) is 1. The predicted octanol–water partition coefficient (Wildman–Crippen LogP) is 3.88. The molecule has 0 spiro atoms. The molecular formula is C15H20O2. The molecular weight excluding hydrogens is 212 g/mol. The second-order valence-corrected chi connectivity index (χ2v) is 4.20. The largest absolute Gasteiger partial charge is 0.427 e. The van der Waals surface area contributed by atoms with Gasteiger partial charge in [0.15, 0.2) is 0 Å². The smallest absolute Gasteiger partial charge is 0.343 e. The van der Waals surface area contributed by atoms with Crippen LogP contribution in [-0.2, 0) is 6.42 Å². The molecule has 0 fully saturated rings. The van der Waals surface area contributed by atoms with E-state index in [4.69, 9.17) is 4.42 Å². The number of rotatable bonds is 6. The van der Waals surface area contributed by atoms with Crippen molar-refractivity contribution in [1.29, 1.82) is 0 Å². The van der Waals surface area contributed by atoms with E-state index in [0.717, 1.165) is 42.6 Å². The molecule has 0 aliphatic carbocycles. The van der Waals surface area contributed by atoms with Crippen LogP contribution < -0.4 is 5.63 Å². The lowest BCUT2D eigenvalue weighted by Crippen LogP contribution is -2.10. The van der Waals surface area contributed by atoms with Crippen molar-refractivity contribution in [2.24, 2.45) is 0 Å². The normalized spacial score (nSPS) is 10.2. The van der Waals surface area contributed by atoms with Crippen LogP contribution in [0.3, 0.4) is 0 Å². The molecule has 0 unspecified atom stereocenters. The van der Waals surface area contributed by atoms with Crippen LogP contribution in [0.25, 0.3) is 5.57 Å². The first-order valence-corrected chi connectivity index (χ1v) is 6.02. The Bertz CT molecular complexity index is 466. The lowest BCUT2D eigenvalue weighted by Gasteiger charge is -2.07. The van der Waals surface area contributed by atoms with Crippen LogP contribution in [0.15, 0.2) is 34.5 Å². The summed E-state index contributed by atoms with van der Waals surface area (Å²) in [5, 5.41) is 0. The summed E-state index contributed by atoms with van der Waals surface area (Å²) in [6.45, 7) is 11.5. The van der Waals surface area contributed by atoms with Crippen molar-refractivity contribution < 1.29 is 4.42 Å². The Morgan fingerprint density at radius 2 is 2.24 bits per heavy atom. The Balaban J connectivity index is 2.97. The second-order valence-electron chi connectivity index (χ2n) is 4.20. The van der Waals surface area contributed by atoms with Gasteiger partial charge in [-0.25, -0.2) is 4.79 Å². The number of allylic oxidation sites excluding steroid dienone is 2. The molecule has 1 aromatic heterocycles. The van der Waals surface area contributed by atoms with Gasteiger partial charge in [-0.05, 0) is 43.4 Å². The van der Waals surface area contributed by atoms with Crippen LogP contribution in [0.4, 0.5) is 0 Å². The topological polar surface area (TPSA) is 30.2 Å². The SMILES string of the molecule is C=CCCCc1cc(C)c(C(=C)CC)c(=O)o1. The first-order valence-electron chi connectivity index (χ1n) is 6.02. The maximum Gasteiger partial charge on any atom is 0.343 e. The Labute approximate surface area is 103 Å². The van der Waals surface area contributed by atoms with Crippen molar-refractivity contribution >= 4 is 5.57 Å².